The standard InChI is InChI=1S/C16H17BrN2O/c17-12-5-6-13(19-10-12)9-15(18)16-14-4-2-1-3-11(14)7-8-20-16/h1-6,10,15-16H,7-9,18H2. The van der Waals surface area contributed by atoms with E-state index in [9.17, 15) is 0 Å². The van der Waals surface area contributed by atoms with Crippen molar-refractivity contribution in [2.24, 2.45) is 5.73 Å². The Morgan fingerprint density at radius 2 is 2.15 bits per heavy atom. The van der Waals surface area contributed by atoms with Crippen LogP contribution in [0.5, 0.6) is 0 Å². The number of fused-ring (bicyclic) bond motifs is 1. The van der Waals surface area contributed by atoms with Crippen LogP contribution < -0.4 is 5.73 Å². The summed E-state index contributed by atoms with van der Waals surface area (Å²) in [7, 11) is 0. The minimum atomic E-state index is -0.0786. The van der Waals surface area contributed by atoms with Gasteiger partial charge in [-0.15, -0.1) is 0 Å². The Morgan fingerprint density at radius 1 is 1.30 bits per heavy atom. The van der Waals surface area contributed by atoms with Gasteiger partial charge in [0.2, 0.25) is 0 Å². The van der Waals surface area contributed by atoms with Crippen LogP contribution in [0.15, 0.2) is 47.1 Å². The van der Waals surface area contributed by atoms with Crippen LogP contribution in [0, 0.1) is 0 Å². The van der Waals surface area contributed by atoms with Gasteiger partial charge in [-0.1, -0.05) is 24.3 Å². The lowest BCUT2D eigenvalue weighted by atomic mass is 9.91. The molecule has 2 atom stereocenters. The molecule has 1 aromatic heterocycles. The molecular weight excluding hydrogens is 316 g/mol. The maximum atomic E-state index is 6.36. The number of ether oxygens (including phenoxy) is 1. The largest absolute Gasteiger partial charge is 0.372 e. The Bertz CT molecular complexity index is 585. The first kappa shape index (κ1) is 13.7. The van der Waals surface area contributed by atoms with Gasteiger partial charge in [0.15, 0.2) is 0 Å². The Balaban J connectivity index is 1.78. The Hall–Kier alpha value is -1.23. The maximum Gasteiger partial charge on any atom is 0.0982 e. The van der Waals surface area contributed by atoms with E-state index in [-0.39, 0.29) is 12.1 Å². The van der Waals surface area contributed by atoms with Crippen molar-refractivity contribution in [1.82, 2.24) is 4.98 Å². The van der Waals surface area contributed by atoms with E-state index < -0.39 is 0 Å². The number of nitrogens with two attached hydrogens (primary N) is 1. The number of aromatic nitrogens is 1. The molecule has 0 saturated heterocycles. The molecule has 0 fully saturated rings. The highest BCUT2D eigenvalue weighted by molar-refractivity contribution is 9.10. The van der Waals surface area contributed by atoms with Crippen molar-refractivity contribution < 1.29 is 4.74 Å². The van der Waals surface area contributed by atoms with Crippen LogP contribution in [0.4, 0.5) is 0 Å². The summed E-state index contributed by atoms with van der Waals surface area (Å²) in [4.78, 5) is 4.39. The average Bonchev–Trinajstić information content (AvgIpc) is 2.49. The molecule has 2 aromatic rings. The first-order valence-electron chi connectivity index (χ1n) is 6.79. The summed E-state index contributed by atoms with van der Waals surface area (Å²) in [5.74, 6) is 0. The molecule has 0 amide bonds. The number of nitrogens with zero attached hydrogens (tertiary/aromatic N) is 1. The molecule has 0 saturated carbocycles. The van der Waals surface area contributed by atoms with Gasteiger partial charge in [-0.05, 0) is 45.6 Å². The van der Waals surface area contributed by atoms with E-state index in [0.717, 1.165) is 23.2 Å². The second-order valence-electron chi connectivity index (χ2n) is 5.08. The zero-order chi connectivity index (χ0) is 13.9. The molecule has 2 unspecified atom stereocenters. The van der Waals surface area contributed by atoms with Crippen molar-refractivity contribution in [3.05, 3.63) is 63.9 Å². The average molecular weight is 333 g/mol. The molecule has 3 nitrogen and oxygen atoms in total. The lowest BCUT2D eigenvalue weighted by Crippen LogP contribution is -2.35. The molecule has 1 aliphatic heterocycles. The van der Waals surface area contributed by atoms with Gasteiger partial charge in [0.05, 0.1) is 12.7 Å². The van der Waals surface area contributed by atoms with Crippen LogP contribution >= 0.6 is 15.9 Å². The third-order valence-corrected chi connectivity index (χ3v) is 4.12. The van der Waals surface area contributed by atoms with Crippen molar-refractivity contribution in [2.75, 3.05) is 6.61 Å². The lowest BCUT2D eigenvalue weighted by Gasteiger charge is -2.30. The SMILES string of the molecule is NC(Cc1ccc(Br)cn1)C1OCCc2ccccc21. The normalized spacial score (nSPS) is 19.4. The zero-order valence-electron chi connectivity index (χ0n) is 11.1. The number of hydrogen-bond acceptors (Lipinski definition) is 3. The molecule has 1 aliphatic rings. The third-order valence-electron chi connectivity index (χ3n) is 3.65. The molecular formula is C16H17BrN2O. The van der Waals surface area contributed by atoms with Crippen molar-refractivity contribution in [3.63, 3.8) is 0 Å². The topological polar surface area (TPSA) is 48.1 Å². The van der Waals surface area contributed by atoms with Crippen LogP contribution in [0.3, 0.4) is 0 Å². The molecule has 1 aromatic carbocycles. The number of pyridine rings is 1. The van der Waals surface area contributed by atoms with Gasteiger partial charge < -0.3 is 10.5 Å². The molecule has 2 heterocycles. The van der Waals surface area contributed by atoms with Gasteiger partial charge in [0.25, 0.3) is 0 Å². The summed E-state index contributed by atoms with van der Waals surface area (Å²) >= 11 is 3.39. The van der Waals surface area contributed by atoms with E-state index in [0.29, 0.717) is 6.42 Å². The minimum absolute atomic E-state index is 0.0367. The monoisotopic (exact) mass is 332 g/mol. The van der Waals surface area contributed by atoms with Gasteiger partial charge in [0, 0.05) is 28.8 Å². The molecule has 0 bridgehead atoms. The zero-order valence-corrected chi connectivity index (χ0v) is 12.7. The van der Waals surface area contributed by atoms with Gasteiger partial charge >= 0.3 is 0 Å². The Morgan fingerprint density at radius 3 is 2.95 bits per heavy atom. The molecule has 2 N–H and O–H groups in total. The quantitative estimate of drug-likeness (QED) is 0.939. The van der Waals surface area contributed by atoms with Crippen molar-refractivity contribution in [3.8, 4) is 0 Å². The fourth-order valence-electron chi connectivity index (χ4n) is 2.66. The third kappa shape index (κ3) is 2.92. The van der Waals surface area contributed by atoms with Crippen LogP contribution in [0.25, 0.3) is 0 Å². The molecule has 4 heteroatoms. The molecule has 0 aliphatic carbocycles. The summed E-state index contributed by atoms with van der Waals surface area (Å²) < 4.78 is 6.88. The highest BCUT2D eigenvalue weighted by atomic mass is 79.9. The van der Waals surface area contributed by atoms with Gasteiger partial charge in [-0.2, -0.15) is 0 Å². The van der Waals surface area contributed by atoms with Crippen molar-refractivity contribution in [2.45, 2.75) is 25.0 Å². The van der Waals surface area contributed by atoms with E-state index >= 15 is 0 Å². The van der Waals surface area contributed by atoms with Gasteiger partial charge in [-0.3, -0.25) is 4.98 Å². The van der Waals surface area contributed by atoms with Crippen LogP contribution in [-0.2, 0) is 17.6 Å². The van der Waals surface area contributed by atoms with Gasteiger partial charge in [0.1, 0.15) is 0 Å². The first-order chi connectivity index (χ1) is 9.74. The summed E-state index contributed by atoms with van der Waals surface area (Å²) in [5, 5.41) is 0. The predicted molar refractivity (Wildman–Crippen MR) is 82.5 cm³/mol. The lowest BCUT2D eigenvalue weighted by molar-refractivity contribution is 0.0244. The van der Waals surface area contributed by atoms with E-state index in [2.05, 4.69) is 39.1 Å². The number of halogens is 1. The van der Waals surface area contributed by atoms with Crippen LogP contribution in [0.2, 0.25) is 0 Å². The molecule has 104 valence electrons. The summed E-state index contributed by atoms with van der Waals surface area (Å²) in [5.41, 5.74) is 9.92. The Kier molecular flexibility index (Phi) is 4.15. The highest BCUT2D eigenvalue weighted by Crippen LogP contribution is 2.29. The number of hydrogen-bond donors (Lipinski definition) is 1. The minimum Gasteiger partial charge on any atom is -0.372 e. The second kappa shape index (κ2) is 6.04. The fraction of sp³-hybridized carbons (Fsp3) is 0.312. The first-order valence-corrected chi connectivity index (χ1v) is 7.59. The van der Waals surface area contributed by atoms with Crippen LogP contribution in [0.1, 0.15) is 22.9 Å². The number of rotatable bonds is 3. The van der Waals surface area contributed by atoms with E-state index in [1.165, 1.54) is 11.1 Å². The predicted octanol–water partition coefficient (Wildman–Crippen LogP) is 3.03. The fourth-order valence-corrected chi connectivity index (χ4v) is 2.89. The van der Waals surface area contributed by atoms with E-state index in [1.807, 2.05) is 18.2 Å². The maximum absolute atomic E-state index is 6.36. The van der Waals surface area contributed by atoms with Crippen molar-refractivity contribution in [1.29, 1.82) is 0 Å². The van der Waals surface area contributed by atoms with E-state index in [4.69, 9.17) is 10.5 Å². The molecule has 20 heavy (non-hydrogen) atoms. The summed E-state index contributed by atoms with van der Waals surface area (Å²) in [6.45, 7) is 0.739. The molecule has 3 rings (SSSR count). The second-order valence-corrected chi connectivity index (χ2v) is 5.99. The van der Waals surface area contributed by atoms with Crippen molar-refractivity contribution >= 4 is 15.9 Å². The Labute approximate surface area is 127 Å². The van der Waals surface area contributed by atoms with Gasteiger partial charge in [-0.25, -0.2) is 0 Å². The summed E-state index contributed by atoms with van der Waals surface area (Å²) in [6, 6.07) is 12.3. The summed E-state index contributed by atoms with van der Waals surface area (Å²) in [6.07, 6.45) is 3.45. The number of benzene rings is 1. The molecule has 0 spiro atoms. The van der Waals surface area contributed by atoms with Crippen LogP contribution in [-0.4, -0.2) is 17.6 Å². The smallest absolute Gasteiger partial charge is 0.0982 e. The highest BCUT2D eigenvalue weighted by Gasteiger charge is 2.26. The molecule has 0 radical (unpaired) electrons. The van der Waals surface area contributed by atoms with E-state index in [1.54, 1.807) is 6.20 Å².